The van der Waals surface area contributed by atoms with Gasteiger partial charge in [-0.1, -0.05) is 11.6 Å². The van der Waals surface area contributed by atoms with E-state index < -0.39 is 63.8 Å². The molecule has 1 nitrogen and oxygen atoms in total. The van der Waals surface area contributed by atoms with Gasteiger partial charge in [-0.15, -0.1) is 0 Å². The zero-order chi connectivity index (χ0) is 23.8. The summed E-state index contributed by atoms with van der Waals surface area (Å²) in [4.78, 5) is 2.82. The van der Waals surface area contributed by atoms with Crippen LogP contribution in [-0.4, -0.2) is 35.6 Å². The smallest absolute Gasteiger partial charge is 0.256 e. The van der Waals surface area contributed by atoms with Crippen LogP contribution in [0.25, 0.3) is 5.57 Å². The molecule has 0 aliphatic heterocycles. The maximum Gasteiger partial charge on any atom is 0.411 e. The van der Waals surface area contributed by atoms with E-state index >= 15 is 0 Å². The lowest BCUT2D eigenvalue weighted by Gasteiger charge is -2.51. The Labute approximate surface area is 161 Å². The van der Waals surface area contributed by atoms with E-state index in [9.17, 15) is 61.5 Å². The third-order valence-corrected chi connectivity index (χ3v) is 4.73. The van der Waals surface area contributed by atoms with Gasteiger partial charge in [0.15, 0.2) is 0 Å². The highest BCUT2D eigenvalue weighted by molar-refractivity contribution is 6.30. The Hall–Kier alpha value is -1.80. The van der Waals surface area contributed by atoms with Gasteiger partial charge in [-0.05, 0) is 18.2 Å². The fourth-order valence-corrected chi connectivity index (χ4v) is 3.68. The Morgan fingerprint density at radius 2 is 1.17 bits per heavy atom. The fraction of sp³-hybridized carbons (Fsp3) is 0.500. The molecule has 0 atom stereocenters. The molecular weight excluding hydrogens is 484 g/mol. The molecule has 0 unspecified atom stereocenters. The van der Waals surface area contributed by atoms with Gasteiger partial charge in [0.25, 0.3) is 11.3 Å². The highest BCUT2D eigenvalue weighted by atomic mass is 35.5. The van der Waals surface area contributed by atoms with Gasteiger partial charge in [-0.25, -0.2) is 8.78 Å². The van der Waals surface area contributed by atoms with Crippen molar-refractivity contribution in [2.24, 2.45) is 10.8 Å². The van der Waals surface area contributed by atoms with E-state index in [1.165, 1.54) is 0 Å². The highest BCUT2D eigenvalue weighted by Gasteiger charge is 3.02. The predicted octanol–water partition coefficient (Wildman–Crippen LogP) is 6.99. The van der Waals surface area contributed by atoms with Crippen molar-refractivity contribution in [1.29, 1.82) is 0 Å². The second-order valence-electron chi connectivity index (χ2n) is 6.03. The second-order valence-corrected chi connectivity index (χ2v) is 6.47. The van der Waals surface area contributed by atoms with Gasteiger partial charge in [-0.3, -0.25) is 4.98 Å². The Bertz CT molecular complexity index is 829. The molecule has 2 rings (SSSR count). The fourth-order valence-electron chi connectivity index (χ4n) is 3.52. The molecule has 0 N–H and O–H groups in total. The molecule has 0 aromatic carbocycles. The third-order valence-electron chi connectivity index (χ3n) is 4.49. The van der Waals surface area contributed by atoms with Crippen LogP contribution in [0.4, 0.5) is 61.5 Å². The summed E-state index contributed by atoms with van der Waals surface area (Å²) in [7, 11) is 0. The largest absolute Gasteiger partial charge is 0.411 e. The summed E-state index contributed by atoms with van der Waals surface area (Å²) in [6.45, 7) is 0. The van der Waals surface area contributed by atoms with Gasteiger partial charge in [0, 0.05) is 16.8 Å². The van der Waals surface area contributed by atoms with Crippen LogP contribution in [-0.2, 0) is 0 Å². The van der Waals surface area contributed by atoms with Crippen LogP contribution in [0.5, 0.6) is 0 Å². The maximum atomic E-state index is 14.3. The van der Waals surface area contributed by atoms with Crippen LogP contribution in [0.2, 0.25) is 5.02 Å². The molecule has 1 aliphatic rings. The van der Waals surface area contributed by atoms with Crippen molar-refractivity contribution in [3.05, 3.63) is 35.1 Å². The number of hydrogen-bond donors (Lipinski definition) is 0. The molecular formula is C14H4ClF14N. The minimum Gasteiger partial charge on any atom is -0.256 e. The SMILES string of the molecule is FC(F)(F)C1(C(F)(F)F)C(c2cc(Cl)ccn2)=CC(F)(F)C1(C(F)(F)F)C(F)(F)F. The van der Waals surface area contributed by atoms with Crippen molar-refractivity contribution >= 4 is 17.2 Å². The van der Waals surface area contributed by atoms with Crippen LogP contribution in [0.3, 0.4) is 0 Å². The van der Waals surface area contributed by atoms with Crippen LogP contribution in [0.15, 0.2) is 24.4 Å². The summed E-state index contributed by atoms with van der Waals surface area (Å²) in [5, 5.41) is -0.793. The molecule has 0 radical (unpaired) electrons. The summed E-state index contributed by atoms with van der Waals surface area (Å²) < 4.78 is 191. The van der Waals surface area contributed by atoms with Crippen LogP contribution in [0, 0.1) is 10.8 Å². The summed E-state index contributed by atoms with van der Waals surface area (Å²) in [6.07, 6.45) is -32.0. The predicted molar refractivity (Wildman–Crippen MR) is 71.3 cm³/mol. The van der Waals surface area contributed by atoms with Gasteiger partial charge in [-0.2, -0.15) is 52.7 Å². The van der Waals surface area contributed by atoms with Crippen LogP contribution in [0.1, 0.15) is 5.69 Å². The number of rotatable bonds is 1. The van der Waals surface area contributed by atoms with Crippen molar-refractivity contribution in [3.8, 4) is 0 Å². The van der Waals surface area contributed by atoms with Gasteiger partial charge in [0.1, 0.15) is 0 Å². The summed E-state index contributed by atoms with van der Waals surface area (Å²) in [5.41, 5.74) is -19.8. The minimum absolute atomic E-state index is 0.00146. The van der Waals surface area contributed by atoms with E-state index in [2.05, 4.69) is 4.98 Å². The Kier molecular flexibility index (Phi) is 5.18. The monoisotopic (exact) mass is 487 g/mol. The van der Waals surface area contributed by atoms with Crippen molar-refractivity contribution in [2.45, 2.75) is 30.6 Å². The summed E-state index contributed by atoms with van der Waals surface area (Å²) in [5.74, 6) is -6.74. The quantitative estimate of drug-likeness (QED) is 0.389. The summed E-state index contributed by atoms with van der Waals surface area (Å²) >= 11 is 5.31. The van der Waals surface area contributed by atoms with Crippen molar-refractivity contribution in [1.82, 2.24) is 4.98 Å². The Balaban J connectivity index is 3.26. The van der Waals surface area contributed by atoms with Crippen LogP contribution < -0.4 is 0 Å². The van der Waals surface area contributed by atoms with Gasteiger partial charge < -0.3 is 0 Å². The van der Waals surface area contributed by atoms with E-state index in [4.69, 9.17) is 11.6 Å². The standard InChI is InChI=1S/C14H4ClF14N/c15-5-1-2-30-7(3-5)6-4-8(16,17)10(13(24,25)26,14(27,28)29)9(6,11(18,19)20)12(21,22)23/h1-4H. The first kappa shape index (κ1) is 24.5. The molecule has 1 aliphatic carbocycles. The number of alkyl halides is 14. The average molecular weight is 488 g/mol. The molecule has 30 heavy (non-hydrogen) atoms. The lowest BCUT2D eigenvalue weighted by Crippen LogP contribution is -2.74. The lowest BCUT2D eigenvalue weighted by atomic mass is 9.58. The molecule has 0 bridgehead atoms. The van der Waals surface area contributed by atoms with Crippen molar-refractivity contribution in [2.75, 3.05) is 0 Å². The highest BCUT2D eigenvalue weighted by Crippen LogP contribution is 2.81. The van der Waals surface area contributed by atoms with Crippen LogP contribution >= 0.6 is 11.6 Å². The molecule has 0 spiro atoms. The first-order chi connectivity index (χ1) is 13.1. The number of allylic oxidation sites excluding steroid dienone is 2. The van der Waals surface area contributed by atoms with E-state index in [0.29, 0.717) is 12.3 Å². The van der Waals surface area contributed by atoms with Gasteiger partial charge in [0.2, 0.25) is 5.41 Å². The van der Waals surface area contributed by atoms with Gasteiger partial charge >= 0.3 is 24.7 Å². The number of nitrogens with zero attached hydrogens (tertiary/aromatic N) is 1. The topological polar surface area (TPSA) is 12.9 Å². The normalized spacial score (nSPS) is 21.5. The molecule has 1 aromatic rings. The first-order valence-electron chi connectivity index (χ1n) is 7.09. The summed E-state index contributed by atoms with van der Waals surface area (Å²) in [6, 6.07) is 0.681. The molecule has 16 heteroatoms. The number of pyridine rings is 1. The van der Waals surface area contributed by atoms with E-state index in [1.807, 2.05) is 0 Å². The maximum absolute atomic E-state index is 14.3. The average Bonchev–Trinajstić information content (AvgIpc) is 2.71. The van der Waals surface area contributed by atoms with E-state index in [1.54, 1.807) is 0 Å². The van der Waals surface area contributed by atoms with Gasteiger partial charge in [0.05, 0.1) is 5.69 Å². The zero-order valence-corrected chi connectivity index (χ0v) is 14.2. The number of aromatic nitrogens is 1. The molecule has 1 heterocycles. The van der Waals surface area contributed by atoms with E-state index in [0.717, 1.165) is 0 Å². The molecule has 0 fully saturated rings. The second kappa shape index (κ2) is 6.36. The Morgan fingerprint density at radius 3 is 1.50 bits per heavy atom. The molecule has 0 saturated heterocycles. The molecule has 170 valence electrons. The zero-order valence-electron chi connectivity index (χ0n) is 13.4. The number of halogens is 15. The minimum atomic E-state index is -7.78. The molecule has 0 amide bonds. The van der Waals surface area contributed by atoms with Crippen molar-refractivity contribution < 1.29 is 61.5 Å². The number of hydrogen-bond acceptors (Lipinski definition) is 1. The lowest BCUT2D eigenvalue weighted by molar-refractivity contribution is -0.479. The molecule has 0 saturated carbocycles. The first-order valence-corrected chi connectivity index (χ1v) is 7.47. The van der Waals surface area contributed by atoms with E-state index in [-0.39, 0.29) is 6.07 Å². The Morgan fingerprint density at radius 1 is 0.733 bits per heavy atom. The third kappa shape index (κ3) is 2.79. The van der Waals surface area contributed by atoms with Crippen molar-refractivity contribution in [3.63, 3.8) is 0 Å². The molecule has 1 aromatic heterocycles.